The monoisotopic (exact) mass is 300 g/mol. The maximum atomic E-state index is 12.2. The van der Waals surface area contributed by atoms with E-state index < -0.39 is 10.1 Å². The maximum Gasteiger partial charge on any atom is 0.297 e. The molecule has 3 unspecified atom stereocenters. The van der Waals surface area contributed by atoms with E-state index in [1.54, 1.807) is 24.3 Å². The number of hydrogen-bond donors (Lipinski definition) is 0. The molecule has 5 heteroatoms. The zero-order valence-corrected chi connectivity index (χ0v) is 12.3. The Kier molecular flexibility index (Phi) is 3.36. The fourth-order valence-corrected chi connectivity index (χ4v) is 4.86. The van der Waals surface area contributed by atoms with Gasteiger partial charge in [-0.2, -0.15) is 8.42 Å². The summed E-state index contributed by atoms with van der Waals surface area (Å²) in [6.45, 7) is 1.92. The van der Waals surface area contributed by atoms with Crippen LogP contribution in [0, 0.1) is 18.8 Å². The first-order valence-corrected chi connectivity index (χ1v) is 8.46. The predicted molar refractivity (Wildman–Crippen MR) is 73.7 cm³/mol. The lowest BCUT2D eigenvalue weighted by atomic mass is 9.98. The molecular weight excluding hydrogens is 284 g/mol. The molecular formula is C14H17ClO3S. The van der Waals surface area contributed by atoms with E-state index in [4.69, 9.17) is 15.8 Å². The van der Waals surface area contributed by atoms with Crippen LogP contribution in [-0.4, -0.2) is 19.9 Å². The fraction of sp³-hybridized carbons (Fsp3) is 0.571. The quantitative estimate of drug-likeness (QED) is 0.636. The molecule has 0 heterocycles. The second-order valence-corrected chi connectivity index (χ2v) is 7.66. The molecule has 0 N–H and O–H groups in total. The first kappa shape index (κ1) is 13.4. The van der Waals surface area contributed by atoms with E-state index in [1.807, 2.05) is 6.92 Å². The van der Waals surface area contributed by atoms with Gasteiger partial charge in [-0.15, -0.1) is 11.6 Å². The Labute approximate surface area is 119 Å². The van der Waals surface area contributed by atoms with Gasteiger partial charge in [0.1, 0.15) is 0 Å². The Hall–Kier alpha value is -0.580. The van der Waals surface area contributed by atoms with Crippen molar-refractivity contribution in [1.29, 1.82) is 0 Å². The van der Waals surface area contributed by atoms with Gasteiger partial charge in [-0.05, 0) is 44.2 Å². The second-order valence-electron chi connectivity index (χ2n) is 5.58. The van der Waals surface area contributed by atoms with E-state index in [0.717, 1.165) is 24.8 Å². The number of fused-ring (bicyclic) bond motifs is 2. The van der Waals surface area contributed by atoms with Crippen molar-refractivity contribution in [1.82, 2.24) is 0 Å². The predicted octanol–water partition coefficient (Wildman–Crippen LogP) is 3.11. The fourth-order valence-electron chi connectivity index (χ4n) is 3.22. The summed E-state index contributed by atoms with van der Waals surface area (Å²) in [6.07, 6.45) is 2.60. The number of halogens is 1. The van der Waals surface area contributed by atoms with Crippen molar-refractivity contribution in [3.63, 3.8) is 0 Å². The number of aryl methyl sites for hydroxylation is 1. The first-order chi connectivity index (χ1) is 8.97. The highest BCUT2D eigenvalue weighted by molar-refractivity contribution is 7.86. The molecule has 19 heavy (non-hydrogen) atoms. The Morgan fingerprint density at radius 2 is 1.89 bits per heavy atom. The van der Waals surface area contributed by atoms with E-state index in [9.17, 15) is 8.42 Å². The molecule has 0 spiro atoms. The second kappa shape index (κ2) is 4.76. The number of alkyl halides is 1. The van der Waals surface area contributed by atoms with Gasteiger partial charge in [0.15, 0.2) is 0 Å². The molecule has 0 radical (unpaired) electrons. The molecule has 2 saturated carbocycles. The summed E-state index contributed by atoms with van der Waals surface area (Å²) in [7, 11) is -3.66. The molecule has 1 aromatic carbocycles. The summed E-state index contributed by atoms with van der Waals surface area (Å²) in [5, 5.41) is 0.0817. The van der Waals surface area contributed by atoms with E-state index in [1.165, 1.54) is 0 Å². The molecule has 0 amide bonds. The van der Waals surface area contributed by atoms with E-state index in [-0.39, 0.29) is 22.3 Å². The van der Waals surface area contributed by atoms with Crippen molar-refractivity contribution in [3.8, 4) is 0 Å². The molecule has 0 aliphatic heterocycles. The van der Waals surface area contributed by atoms with Crippen LogP contribution in [0.25, 0.3) is 0 Å². The average Bonchev–Trinajstić information content (AvgIpc) is 2.84. The lowest BCUT2D eigenvalue weighted by Gasteiger charge is -2.21. The van der Waals surface area contributed by atoms with Crippen LogP contribution in [0.4, 0.5) is 0 Å². The van der Waals surface area contributed by atoms with Crippen LogP contribution in [0.3, 0.4) is 0 Å². The van der Waals surface area contributed by atoms with Crippen molar-refractivity contribution in [3.05, 3.63) is 29.8 Å². The molecule has 2 aliphatic carbocycles. The molecule has 0 saturated heterocycles. The first-order valence-electron chi connectivity index (χ1n) is 6.61. The normalized spacial score (nSPS) is 33.8. The van der Waals surface area contributed by atoms with Crippen LogP contribution in [0.2, 0.25) is 0 Å². The number of benzene rings is 1. The van der Waals surface area contributed by atoms with Gasteiger partial charge in [-0.1, -0.05) is 17.7 Å². The Morgan fingerprint density at radius 1 is 1.21 bits per heavy atom. The maximum absolute atomic E-state index is 12.2. The van der Waals surface area contributed by atoms with Crippen LogP contribution in [0.1, 0.15) is 24.8 Å². The smallest absolute Gasteiger partial charge is 0.263 e. The summed E-state index contributed by atoms with van der Waals surface area (Å²) in [6, 6.07) is 6.74. The highest BCUT2D eigenvalue weighted by Crippen LogP contribution is 2.49. The van der Waals surface area contributed by atoms with Crippen LogP contribution >= 0.6 is 11.6 Å². The molecule has 2 fully saturated rings. The van der Waals surface area contributed by atoms with E-state index >= 15 is 0 Å². The highest BCUT2D eigenvalue weighted by atomic mass is 35.5. The van der Waals surface area contributed by atoms with Crippen LogP contribution < -0.4 is 0 Å². The SMILES string of the molecule is Cc1ccc(S(=O)(=O)O[C@H]2CC3CCC2C3Cl)cc1. The standard InChI is InChI=1S/C14H17ClO3S/c1-9-2-5-11(6-3-9)19(16,17)18-13-8-10-4-7-12(13)14(10)15/h2-3,5-6,10,12-14H,4,7-8H2,1H3/t10?,12?,13-,14?/m0/s1. The summed E-state index contributed by atoms with van der Waals surface area (Å²) in [4.78, 5) is 0.229. The van der Waals surface area contributed by atoms with E-state index in [2.05, 4.69) is 0 Å². The van der Waals surface area contributed by atoms with Crippen molar-refractivity contribution in [2.45, 2.75) is 42.6 Å². The minimum absolute atomic E-state index is 0.0817. The molecule has 104 valence electrons. The minimum Gasteiger partial charge on any atom is -0.263 e. The molecule has 3 rings (SSSR count). The lowest BCUT2D eigenvalue weighted by molar-refractivity contribution is 0.146. The summed E-state index contributed by atoms with van der Waals surface area (Å²) >= 11 is 6.29. The van der Waals surface area contributed by atoms with Crippen molar-refractivity contribution in [2.24, 2.45) is 11.8 Å². The Morgan fingerprint density at radius 3 is 2.42 bits per heavy atom. The average molecular weight is 301 g/mol. The van der Waals surface area contributed by atoms with Crippen molar-refractivity contribution in [2.75, 3.05) is 0 Å². The molecule has 0 aromatic heterocycles. The molecule has 2 aliphatic rings. The zero-order chi connectivity index (χ0) is 13.6. The highest BCUT2D eigenvalue weighted by Gasteiger charge is 2.49. The Bertz CT molecular complexity index is 567. The number of rotatable bonds is 3. The summed E-state index contributed by atoms with van der Waals surface area (Å²) in [5.74, 6) is 0.608. The summed E-state index contributed by atoms with van der Waals surface area (Å²) < 4.78 is 29.9. The van der Waals surface area contributed by atoms with Crippen LogP contribution in [0.5, 0.6) is 0 Å². The van der Waals surface area contributed by atoms with Gasteiger partial charge < -0.3 is 0 Å². The van der Waals surface area contributed by atoms with Crippen molar-refractivity contribution < 1.29 is 12.6 Å². The molecule has 1 aromatic rings. The summed E-state index contributed by atoms with van der Waals surface area (Å²) in [5.41, 5.74) is 1.03. The third-order valence-electron chi connectivity index (χ3n) is 4.30. The van der Waals surface area contributed by atoms with E-state index in [0.29, 0.717) is 5.92 Å². The number of hydrogen-bond acceptors (Lipinski definition) is 3. The van der Waals surface area contributed by atoms with Gasteiger partial charge in [-0.25, -0.2) is 0 Å². The van der Waals surface area contributed by atoms with Gasteiger partial charge in [-0.3, -0.25) is 4.18 Å². The molecule has 4 atom stereocenters. The van der Waals surface area contributed by atoms with Crippen LogP contribution in [0.15, 0.2) is 29.2 Å². The third-order valence-corrected chi connectivity index (χ3v) is 6.33. The molecule has 3 nitrogen and oxygen atoms in total. The van der Waals surface area contributed by atoms with Crippen LogP contribution in [-0.2, 0) is 14.3 Å². The lowest BCUT2D eigenvalue weighted by Crippen LogP contribution is -2.25. The van der Waals surface area contributed by atoms with Gasteiger partial charge >= 0.3 is 0 Å². The van der Waals surface area contributed by atoms with Gasteiger partial charge in [0.2, 0.25) is 0 Å². The van der Waals surface area contributed by atoms with Gasteiger partial charge in [0.05, 0.1) is 11.0 Å². The third kappa shape index (κ3) is 2.41. The Balaban J connectivity index is 1.78. The largest absolute Gasteiger partial charge is 0.297 e. The topological polar surface area (TPSA) is 43.4 Å². The van der Waals surface area contributed by atoms with Crippen molar-refractivity contribution >= 4 is 21.7 Å². The zero-order valence-electron chi connectivity index (χ0n) is 10.8. The van der Waals surface area contributed by atoms with Gasteiger partial charge in [0.25, 0.3) is 10.1 Å². The van der Waals surface area contributed by atoms with Gasteiger partial charge in [0, 0.05) is 11.3 Å². The molecule has 2 bridgehead atoms. The minimum atomic E-state index is -3.66.